The lowest BCUT2D eigenvalue weighted by Gasteiger charge is -2.14. The van der Waals surface area contributed by atoms with Gasteiger partial charge in [-0.3, -0.25) is 4.79 Å². The van der Waals surface area contributed by atoms with E-state index in [1.54, 1.807) is 24.3 Å². The van der Waals surface area contributed by atoms with Gasteiger partial charge in [-0.2, -0.15) is 5.26 Å². The van der Waals surface area contributed by atoms with Crippen molar-refractivity contribution >= 4 is 40.3 Å². The van der Waals surface area contributed by atoms with Gasteiger partial charge in [-0.15, -0.1) is 0 Å². The molecule has 0 bridgehead atoms. The Hall–Kier alpha value is -3.18. The standard InChI is InChI=1S/C27H24FIN2O2/c1-4-33-26-14-19(13-24(29)22(26)15-20-7-5-6-8-23(20)28)12-21(16-30)27(32)31-25-11-17(2)9-10-18(25)3/h5-14H,4,15H2,1-3H3,(H,31,32)/b21-12+. The molecule has 3 rings (SSSR count). The number of carbonyl (C=O) groups excluding carboxylic acids is 1. The van der Waals surface area contributed by atoms with Crippen LogP contribution in [-0.4, -0.2) is 12.5 Å². The lowest BCUT2D eigenvalue weighted by atomic mass is 10.0. The Kier molecular flexibility index (Phi) is 8.23. The predicted octanol–water partition coefficient (Wildman–Crippen LogP) is 6.58. The van der Waals surface area contributed by atoms with E-state index in [4.69, 9.17) is 4.74 Å². The van der Waals surface area contributed by atoms with Crippen LogP contribution in [-0.2, 0) is 11.2 Å². The number of nitriles is 1. The van der Waals surface area contributed by atoms with Gasteiger partial charge >= 0.3 is 0 Å². The summed E-state index contributed by atoms with van der Waals surface area (Å²) >= 11 is 2.18. The van der Waals surface area contributed by atoms with Crippen LogP contribution in [0.4, 0.5) is 10.1 Å². The van der Waals surface area contributed by atoms with E-state index in [0.29, 0.717) is 35.6 Å². The lowest BCUT2D eigenvalue weighted by molar-refractivity contribution is -0.112. The molecule has 33 heavy (non-hydrogen) atoms. The van der Waals surface area contributed by atoms with E-state index in [-0.39, 0.29) is 11.4 Å². The van der Waals surface area contributed by atoms with Gasteiger partial charge in [0.1, 0.15) is 23.2 Å². The number of hydrogen-bond acceptors (Lipinski definition) is 3. The van der Waals surface area contributed by atoms with Crippen LogP contribution in [0.15, 0.2) is 60.2 Å². The second kappa shape index (κ2) is 11.1. The molecule has 0 aromatic heterocycles. The monoisotopic (exact) mass is 554 g/mol. The van der Waals surface area contributed by atoms with Gasteiger partial charge in [-0.1, -0.05) is 30.3 Å². The molecule has 1 N–H and O–H groups in total. The van der Waals surface area contributed by atoms with E-state index in [1.807, 2.05) is 51.1 Å². The van der Waals surface area contributed by atoms with E-state index < -0.39 is 5.91 Å². The number of rotatable bonds is 7. The van der Waals surface area contributed by atoms with Crippen molar-refractivity contribution in [3.63, 3.8) is 0 Å². The molecule has 4 nitrogen and oxygen atoms in total. The Bertz CT molecular complexity index is 1260. The molecule has 6 heteroatoms. The van der Waals surface area contributed by atoms with Gasteiger partial charge in [0.15, 0.2) is 0 Å². The van der Waals surface area contributed by atoms with Crippen molar-refractivity contribution in [2.45, 2.75) is 27.2 Å². The minimum absolute atomic E-state index is 0.0176. The van der Waals surface area contributed by atoms with Gasteiger partial charge in [0.25, 0.3) is 5.91 Å². The van der Waals surface area contributed by atoms with Crippen LogP contribution < -0.4 is 10.1 Å². The Labute approximate surface area is 207 Å². The minimum atomic E-state index is -0.477. The molecule has 3 aromatic carbocycles. The molecule has 0 unspecified atom stereocenters. The van der Waals surface area contributed by atoms with Crippen LogP contribution in [0, 0.1) is 34.6 Å². The Morgan fingerprint density at radius 3 is 2.64 bits per heavy atom. The fourth-order valence-electron chi connectivity index (χ4n) is 3.38. The van der Waals surface area contributed by atoms with Gasteiger partial charge in [-0.05, 0) is 96.0 Å². The number of benzene rings is 3. The molecule has 0 aliphatic rings. The summed E-state index contributed by atoms with van der Waals surface area (Å²) in [5.74, 6) is -0.143. The number of ether oxygens (including phenoxy) is 1. The zero-order valence-corrected chi connectivity index (χ0v) is 20.9. The number of anilines is 1. The number of nitrogens with one attached hydrogen (secondary N) is 1. The summed E-state index contributed by atoms with van der Waals surface area (Å²) in [5.41, 5.74) is 4.68. The summed E-state index contributed by atoms with van der Waals surface area (Å²) in [7, 11) is 0. The molecule has 0 atom stereocenters. The highest BCUT2D eigenvalue weighted by atomic mass is 127. The summed E-state index contributed by atoms with van der Waals surface area (Å²) in [6, 6.07) is 18.0. The van der Waals surface area contributed by atoms with Gasteiger partial charge in [0.2, 0.25) is 0 Å². The first-order valence-electron chi connectivity index (χ1n) is 10.5. The van der Waals surface area contributed by atoms with Crippen molar-refractivity contribution < 1.29 is 13.9 Å². The molecule has 0 spiro atoms. The summed E-state index contributed by atoms with van der Waals surface area (Å²) in [6.45, 7) is 6.15. The molecule has 0 radical (unpaired) electrons. The second-order valence-electron chi connectivity index (χ2n) is 7.62. The lowest BCUT2D eigenvalue weighted by Crippen LogP contribution is -2.14. The van der Waals surface area contributed by atoms with Crippen molar-refractivity contribution in [3.8, 4) is 11.8 Å². The summed E-state index contributed by atoms with van der Waals surface area (Å²) in [5, 5.41) is 12.5. The van der Waals surface area contributed by atoms with Gasteiger partial charge < -0.3 is 10.1 Å². The highest BCUT2D eigenvalue weighted by Gasteiger charge is 2.15. The van der Waals surface area contributed by atoms with Crippen LogP contribution in [0.2, 0.25) is 0 Å². The fraction of sp³-hybridized carbons (Fsp3) is 0.185. The molecule has 0 fully saturated rings. The summed E-state index contributed by atoms with van der Waals surface area (Å²) < 4.78 is 20.9. The van der Waals surface area contributed by atoms with Crippen LogP contribution in [0.3, 0.4) is 0 Å². The Morgan fingerprint density at radius 2 is 1.94 bits per heavy atom. The van der Waals surface area contributed by atoms with Gasteiger partial charge in [0, 0.05) is 21.2 Å². The highest BCUT2D eigenvalue weighted by Crippen LogP contribution is 2.30. The molecule has 0 saturated heterocycles. The summed E-state index contributed by atoms with van der Waals surface area (Å²) in [4.78, 5) is 12.8. The average Bonchev–Trinajstić information content (AvgIpc) is 2.78. The number of nitrogens with zero attached hydrogens (tertiary/aromatic N) is 1. The smallest absolute Gasteiger partial charge is 0.266 e. The molecule has 3 aromatic rings. The van der Waals surface area contributed by atoms with Crippen LogP contribution in [0.25, 0.3) is 6.08 Å². The van der Waals surface area contributed by atoms with E-state index in [0.717, 1.165) is 20.3 Å². The van der Waals surface area contributed by atoms with E-state index in [2.05, 4.69) is 27.9 Å². The first-order chi connectivity index (χ1) is 15.8. The van der Waals surface area contributed by atoms with E-state index >= 15 is 0 Å². The summed E-state index contributed by atoms with van der Waals surface area (Å²) in [6.07, 6.45) is 1.92. The number of hydrogen-bond donors (Lipinski definition) is 1. The normalized spacial score (nSPS) is 11.1. The molecule has 168 valence electrons. The first-order valence-corrected chi connectivity index (χ1v) is 11.6. The van der Waals surface area contributed by atoms with E-state index in [1.165, 1.54) is 12.1 Å². The molecule has 0 saturated carbocycles. The van der Waals surface area contributed by atoms with Crippen molar-refractivity contribution in [1.82, 2.24) is 0 Å². The molecule has 0 heterocycles. The van der Waals surface area contributed by atoms with Crippen molar-refractivity contribution in [2.24, 2.45) is 0 Å². The van der Waals surface area contributed by atoms with Gasteiger partial charge in [-0.25, -0.2) is 4.39 Å². The maximum Gasteiger partial charge on any atom is 0.266 e. The van der Waals surface area contributed by atoms with Crippen molar-refractivity contribution in [3.05, 3.63) is 97.4 Å². The Balaban J connectivity index is 1.94. The molecule has 0 aliphatic carbocycles. The van der Waals surface area contributed by atoms with Gasteiger partial charge in [0.05, 0.1) is 6.61 Å². The third-order valence-electron chi connectivity index (χ3n) is 5.12. The molecule has 0 aliphatic heterocycles. The SMILES string of the molecule is CCOc1cc(/C=C(\C#N)C(=O)Nc2cc(C)ccc2C)cc(I)c1Cc1ccccc1F. The van der Waals surface area contributed by atoms with Crippen molar-refractivity contribution in [1.29, 1.82) is 5.26 Å². The molecule has 1 amide bonds. The second-order valence-corrected chi connectivity index (χ2v) is 8.79. The number of aryl methyl sites for hydroxylation is 2. The largest absolute Gasteiger partial charge is 0.494 e. The number of amides is 1. The van der Waals surface area contributed by atoms with Crippen molar-refractivity contribution in [2.75, 3.05) is 11.9 Å². The zero-order valence-electron chi connectivity index (χ0n) is 18.7. The highest BCUT2D eigenvalue weighted by molar-refractivity contribution is 14.1. The predicted molar refractivity (Wildman–Crippen MR) is 138 cm³/mol. The third-order valence-corrected chi connectivity index (χ3v) is 6.08. The zero-order chi connectivity index (χ0) is 24.0. The van der Waals surface area contributed by atoms with E-state index in [9.17, 15) is 14.4 Å². The maximum absolute atomic E-state index is 14.2. The van der Waals surface area contributed by atoms with Crippen LogP contribution in [0.1, 0.15) is 34.7 Å². The topological polar surface area (TPSA) is 62.1 Å². The third kappa shape index (κ3) is 6.20. The fourth-order valence-corrected chi connectivity index (χ4v) is 4.19. The maximum atomic E-state index is 14.2. The van der Waals surface area contributed by atoms with Crippen LogP contribution in [0.5, 0.6) is 5.75 Å². The first kappa shape index (κ1) is 24.5. The average molecular weight is 554 g/mol. The van der Waals surface area contributed by atoms with Crippen LogP contribution >= 0.6 is 22.6 Å². The Morgan fingerprint density at radius 1 is 1.18 bits per heavy atom. The quantitative estimate of drug-likeness (QED) is 0.204. The molecular weight excluding hydrogens is 530 g/mol. The number of halogens is 2. The number of carbonyl (C=O) groups is 1. The molecular formula is C27H24FIN2O2. The minimum Gasteiger partial charge on any atom is -0.494 e.